The van der Waals surface area contributed by atoms with E-state index in [9.17, 15) is 5.11 Å². The predicted octanol–water partition coefficient (Wildman–Crippen LogP) is 5.46. The highest BCUT2D eigenvalue weighted by Crippen LogP contribution is 2.58. The Hall–Kier alpha value is -1.24. The van der Waals surface area contributed by atoms with Gasteiger partial charge in [-0.25, -0.2) is 0 Å². The van der Waals surface area contributed by atoms with Crippen LogP contribution in [0.5, 0.6) is 5.75 Å². The maximum absolute atomic E-state index is 10.3. The van der Waals surface area contributed by atoms with Gasteiger partial charge < -0.3 is 5.11 Å². The van der Waals surface area contributed by atoms with Gasteiger partial charge in [0.2, 0.25) is 0 Å². The first kappa shape index (κ1) is 14.7. The summed E-state index contributed by atoms with van der Waals surface area (Å²) in [6, 6.07) is 4.07. The molecule has 1 N–H and O–H groups in total. The third-order valence-electron chi connectivity index (χ3n) is 6.25. The zero-order chi connectivity index (χ0) is 15.4. The van der Waals surface area contributed by atoms with E-state index >= 15 is 0 Å². The number of phenols is 1. The van der Waals surface area contributed by atoms with Crippen molar-refractivity contribution >= 4 is 5.57 Å². The van der Waals surface area contributed by atoms with E-state index in [4.69, 9.17) is 0 Å². The summed E-state index contributed by atoms with van der Waals surface area (Å²) >= 11 is 0. The number of hydrogen-bond acceptors (Lipinski definition) is 1. The zero-order valence-electron chi connectivity index (χ0n) is 13.9. The SMILES string of the molecule is C=C(C)c1c(O)ccc2c1CCC1C(C)(C)CCC[C@]21C. The Balaban J connectivity index is 2.19. The minimum Gasteiger partial charge on any atom is -0.507 e. The van der Waals surface area contributed by atoms with Crippen molar-refractivity contribution in [3.8, 4) is 5.75 Å². The number of fused-ring (bicyclic) bond motifs is 3. The molecule has 1 saturated carbocycles. The number of aromatic hydroxyl groups is 1. The summed E-state index contributed by atoms with van der Waals surface area (Å²) in [5.41, 5.74) is 5.51. The van der Waals surface area contributed by atoms with Gasteiger partial charge in [0.25, 0.3) is 0 Å². The lowest BCUT2D eigenvalue weighted by Crippen LogP contribution is -2.48. The summed E-state index contributed by atoms with van der Waals surface area (Å²) in [4.78, 5) is 0. The lowest BCUT2D eigenvalue weighted by molar-refractivity contribution is 0.0406. The third kappa shape index (κ3) is 2.05. The maximum Gasteiger partial charge on any atom is 0.123 e. The van der Waals surface area contributed by atoms with Crippen molar-refractivity contribution < 1.29 is 5.11 Å². The van der Waals surface area contributed by atoms with E-state index in [1.807, 2.05) is 13.0 Å². The molecule has 1 heteroatoms. The summed E-state index contributed by atoms with van der Waals surface area (Å²) < 4.78 is 0. The lowest BCUT2D eigenvalue weighted by atomic mass is 9.50. The molecule has 0 saturated heterocycles. The molecule has 21 heavy (non-hydrogen) atoms. The predicted molar refractivity (Wildman–Crippen MR) is 89.6 cm³/mol. The first-order valence-corrected chi connectivity index (χ1v) is 8.28. The van der Waals surface area contributed by atoms with Crippen molar-refractivity contribution in [3.63, 3.8) is 0 Å². The largest absolute Gasteiger partial charge is 0.507 e. The topological polar surface area (TPSA) is 20.2 Å². The van der Waals surface area contributed by atoms with Gasteiger partial charge in [-0.05, 0) is 72.1 Å². The van der Waals surface area contributed by atoms with E-state index in [2.05, 4.69) is 33.4 Å². The molecule has 1 aromatic rings. The van der Waals surface area contributed by atoms with Crippen molar-refractivity contribution in [1.29, 1.82) is 0 Å². The second-order valence-corrected chi connectivity index (χ2v) is 8.12. The zero-order valence-corrected chi connectivity index (χ0v) is 13.9. The average molecular weight is 284 g/mol. The molecule has 2 atom stereocenters. The van der Waals surface area contributed by atoms with Gasteiger partial charge >= 0.3 is 0 Å². The smallest absolute Gasteiger partial charge is 0.123 e. The van der Waals surface area contributed by atoms with E-state index in [0.717, 1.165) is 23.5 Å². The Morgan fingerprint density at radius 2 is 1.95 bits per heavy atom. The van der Waals surface area contributed by atoms with Crippen LogP contribution >= 0.6 is 0 Å². The normalized spacial score (nSPS) is 30.4. The molecule has 2 aliphatic carbocycles. The van der Waals surface area contributed by atoms with Gasteiger partial charge in [0, 0.05) is 5.56 Å². The first-order valence-electron chi connectivity index (χ1n) is 8.28. The molecule has 1 nitrogen and oxygen atoms in total. The number of rotatable bonds is 1. The molecular formula is C20H28O. The molecule has 1 aromatic carbocycles. The standard InChI is InChI=1S/C20H28O/c1-13(2)18-14-7-10-17-19(3,4)11-6-12-20(17,5)15(14)8-9-16(18)21/h8-9,17,21H,1,6-7,10-12H2,2-5H3/t17?,20-/m1/s1. The first-order chi connectivity index (χ1) is 9.77. The van der Waals surface area contributed by atoms with Crippen molar-refractivity contribution in [3.05, 3.63) is 35.4 Å². The molecule has 0 spiro atoms. The van der Waals surface area contributed by atoms with Crippen LogP contribution in [0, 0.1) is 11.3 Å². The van der Waals surface area contributed by atoms with E-state index in [1.165, 1.54) is 36.8 Å². The minimum absolute atomic E-state index is 0.257. The van der Waals surface area contributed by atoms with Crippen LogP contribution in [-0.4, -0.2) is 5.11 Å². The van der Waals surface area contributed by atoms with Crippen LogP contribution < -0.4 is 0 Å². The molecule has 0 amide bonds. The van der Waals surface area contributed by atoms with Gasteiger partial charge in [0.05, 0.1) is 0 Å². The number of phenolic OH excluding ortho intramolecular Hbond substituents is 1. The van der Waals surface area contributed by atoms with E-state index < -0.39 is 0 Å². The summed E-state index contributed by atoms with van der Waals surface area (Å²) in [6.45, 7) is 13.4. The fraction of sp³-hybridized carbons (Fsp3) is 0.600. The molecule has 0 aliphatic heterocycles. The Bertz CT molecular complexity index is 596. The highest BCUT2D eigenvalue weighted by molar-refractivity contribution is 5.72. The van der Waals surface area contributed by atoms with E-state index in [-0.39, 0.29) is 5.41 Å². The monoisotopic (exact) mass is 284 g/mol. The summed E-state index contributed by atoms with van der Waals surface area (Å²) in [5.74, 6) is 1.15. The second kappa shape index (κ2) is 4.63. The van der Waals surface area contributed by atoms with Gasteiger partial charge in [-0.2, -0.15) is 0 Å². The van der Waals surface area contributed by atoms with Crippen LogP contribution in [-0.2, 0) is 11.8 Å². The average Bonchev–Trinajstić information content (AvgIpc) is 2.36. The van der Waals surface area contributed by atoms with Crippen LogP contribution in [0.25, 0.3) is 5.57 Å². The lowest BCUT2D eigenvalue weighted by Gasteiger charge is -2.54. The third-order valence-corrected chi connectivity index (χ3v) is 6.25. The van der Waals surface area contributed by atoms with Crippen LogP contribution in [0.1, 0.15) is 70.1 Å². The van der Waals surface area contributed by atoms with Gasteiger partial charge in [-0.15, -0.1) is 0 Å². The van der Waals surface area contributed by atoms with Crippen molar-refractivity contribution in [2.45, 2.75) is 65.2 Å². The number of hydrogen-bond donors (Lipinski definition) is 1. The Morgan fingerprint density at radius 3 is 2.62 bits per heavy atom. The molecule has 1 unspecified atom stereocenters. The second-order valence-electron chi connectivity index (χ2n) is 8.12. The van der Waals surface area contributed by atoms with Gasteiger partial charge in [-0.1, -0.05) is 39.8 Å². The molecule has 114 valence electrons. The molecular weight excluding hydrogens is 256 g/mol. The fourth-order valence-corrected chi connectivity index (χ4v) is 5.35. The summed E-state index contributed by atoms with van der Waals surface area (Å²) in [6.07, 6.45) is 6.24. The van der Waals surface area contributed by atoms with Crippen LogP contribution in [0.4, 0.5) is 0 Å². The molecule has 0 aromatic heterocycles. The Morgan fingerprint density at radius 1 is 1.24 bits per heavy atom. The minimum atomic E-state index is 0.257. The Kier molecular flexibility index (Phi) is 3.24. The molecule has 0 heterocycles. The van der Waals surface area contributed by atoms with Gasteiger partial charge in [0.15, 0.2) is 0 Å². The van der Waals surface area contributed by atoms with Crippen molar-refractivity contribution in [1.82, 2.24) is 0 Å². The molecule has 0 bridgehead atoms. The highest BCUT2D eigenvalue weighted by atomic mass is 16.3. The fourth-order valence-electron chi connectivity index (χ4n) is 5.35. The number of allylic oxidation sites excluding steroid dienone is 1. The molecule has 1 fully saturated rings. The quantitative estimate of drug-likeness (QED) is 0.726. The summed E-state index contributed by atoms with van der Waals surface area (Å²) in [5, 5.41) is 10.3. The van der Waals surface area contributed by atoms with E-state index in [1.54, 1.807) is 0 Å². The van der Waals surface area contributed by atoms with Crippen LogP contribution in [0.2, 0.25) is 0 Å². The number of benzene rings is 1. The summed E-state index contributed by atoms with van der Waals surface area (Å²) in [7, 11) is 0. The van der Waals surface area contributed by atoms with Crippen LogP contribution in [0.15, 0.2) is 18.7 Å². The molecule has 2 aliphatic rings. The van der Waals surface area contributed by atoms with Gasteiger partial charge in [-0.3, -0.25) is 0 Å². The van der Waals surface area contributed by atoms with Crippen molar-refractivity contribution in [2.24, 2.45) is 11.3 Å². The molecule has 3 rings (SSSR count). The van der Waals surface area contributed by atoms with E-state index in [0.29, 0.717) is 11.2 Å². The maximum atomic E-state index is 10.3. The van der Waals surface area contributed by atoms with Crippen molar-refractivity contribution in [2.75, 3.05) is 0 Å². The highest BCUT2D eigenvalue weighted by Gasteiger charge is 2.50. The van der Waals surface area contributed by atoms with Crippen LogP contribution in [0.3, 0.4) is 0 Å². The van der Waals surface area contributed by atoms with Gasteiger partial charge in [0.1, 0.15) is 5.75 Å². The Labute approximate surface area is 129 Å². The molecule has 0 radical (unpaired) electrons.